The Labute approximate surface area is 45.3 Å². The molecule has 0 N–H and O–H groups in total. The zero-order chi connectivity index (χ0) is 5.28. The largest absolute Gasteiger partial charge is 0.459 e. The summed E-state index contributed by atoms with van der Waals surface area (Å²) in [6.45, 7) is 4.66. The summed E-state index contributed by atoms with van der Waals surface area (Å²) < 4.78 is 0. The summed E-state index contributed by atoms with van der Waals surface area (Å²) in [6, 6.07) is 0. The second kappa shape index (κ2) is 1.83. The van der Waals surface area contributed by atoms with Gasteiger partial charge in [-0.05, 0) is 25.4 Å². The Morgan fingerprint density at radius 1 is 1.71 bits per heavy atom. The van der Waals surface area contributed by atoms with E-state index in [0.717, 1.165) is 5.92 Å². The zero-order valence-electron chi connectivity index (χ0n) is 4.85. The smallest absolute Gasteiger partial charge is 0.0277 e. The van der Waals surface area contributed by atoms with Crippen molar-refractivity contribution in [2.45, 2.75) is 13.3 Å². The summed E-state index contributed by atoms with van der Waals surface area (Å²) in [6.07, 6.45) is 1.34. The Kier molecular flexibility index (Phi) is 1.33. The van der Waals surface area contributed by atoms with Gasteiger partial charge < -0.3 is 4.90 Å². The quantitative estimate of drug-likeness (QED) is 0.410. The van der Waals surface area contributed by atoms with Gasteiger partial charge in [0.05, 0.1) is 0 Å². The Bertz CT molecular complexity index is 53.2. The Hall–Kier alpha value is -0.0400. The second-order valence-electron chi connectivity index (χ2n) is 2.47. The van der Waals surface area contributed by atoms with Crippen LogP contribution in [0.4, 0.5) is 0 Å². The average Bonchev–Trinajstić information content (AvgIpc) is 1.87. The molecule has 0 unspecified atom stereocenters. The number of nitrogens with zero attached hydrogens (tertiary/aromatic N) is 1. The molecule has 1 aliphatic heterocycles. The van der Waals surface area contributed by atoms with Gasteiger partial charge in [0.25, 0.3) is 0 Å². The predicted molar refractivity (Wildman–Crippen MR) is 30.7 cm³/mol. The molecule has 0 amide bonds. The molecule has 42 valence electrons. The van der Waals surface area contributed by atoms with Gasteiger partial charge in [0.1, 0.15) is 0 Å². The highest BCUT2D eigenvalue weighted by Crippen LogP contribution is 2.12. The lowest BCUT2D eigenvalue weighted by molar-refractivity contribution is 0.442. The zero-order valence-corrected chi connectivity index (χ0v) is 4.85. The molecule has 0 bridgehead atoms. The van der Waals surface area contributed by atoms with Crippen molar-refractivity contribution in [2.75, 3.05) is 13.1 Å². The number of rotatable bonds is 0. The van der Waals surface area contributed by atoms with E-state index in [1.807, 2.05) is 0 Å². The SMILES string of the molecule is [CH2-]N1CC[C@H](C)C1. The molecule has 0 aliphatic carbocycles. The molecule has 1 saturated heterocycles. The fraction of sp³-hybridized carbons (Fsp3) is 0.833. The molecule has 1 atom stereocenters. The van der Waals surface area contributed by atoms with E-state index in [2.05, 4.69) is 18.9 Å². The van der Waals surface area contributed by atoms with E-state index in [-0.39, 0.29) is 0 Å². The normalized spacial score (nSPS) is 34.3. The highest BCUT2D eigenvalue weighted by atomic mass is 15.1. The monoisotopic (exact) mass is 98.1 g/mol. The van der Waals surface area contributed by atoms with E-state index >= 15 is 0 Å². The van der Waals surface area contributed by atoms with E-state index < -0.39 is 0 Å². The highest BCUT2D eigenvalue weighted by Gasteiger charge is 2.08. The fourth-order valence-electron chi connectivity index (χ4n) is 1.03. The van der Waals surface area contributed by atoms with Crippen molar-refractivity contribution in [2.24, 2.45) is 5.92 Å². The standard InChI is InChI=1S/C6H12N/c1-6-3-4-7(2)5-6/h6H,2-5H2,1H3/q-1/t6-/m0/s1. The second-order valence-corrected chi connectivity index (χ2v) is 2.47. The number of hydrogen-bond donors (Lipinski definition) is 0. The Balaban J connectivity index is 2.26. The van der Waals surface area contributed by atoms with Crippen LogP contribution in [0.1, 0.15) is 13.3 Å². The van der Waals surface area contributed by atoms with Crippen LogP contribution in [-0.4, -0.2) is 18.0 Å². The Morgan fingerprint density at radius 2 is 2.43 bits per heavy atom. The van der Waals surface area contributed by atoms with Crippen molar-refractivity contribution in [1.29, 1.82) is 0 Å². The molecule has 1 aliphatic rings. The third kappa shape index (κ3) is 1.16. The molecule has 0 spiro atoms. The maximum absolute atomic E-state index is 3.82. The van der Waals surface area contributed by atoms with Crippen molar-refractivity contribution in [3.63, 3.8) is 0 Å². The maximum Gasteiger partial charge on any atom is -0.0277 e. The summed E-state index contributed by atoms with van der Waals surface area (Å²) in [5, 5.41) is 0. The molecule has 1 fully saturated rings. The van der Waals surface area contributed by atoms with Crippen molar-refractivity contribution >= 4 is 0 Å². The molecule has 7 heavy (non-hydrogen) atoms. The van der Waals surface area contributed by atoms with Gasteiger partial charge in [-0.1, -0.05) is 6.92 Å². The lowest BCUT2D eigenvalue weighted by Gasteiger charge is -2.14. The molecule has 0 radical (unpaired) electrons. The van der Waals surface area contributed by atoms with Crippen molar-refractivity contribution in [3.8, 4) is 0 Å². The molecule has 0 aromatic rings. The van der Waals surface area contributed by atoms with Gasteiger partial charge in [0, 0.05) is 0 Å². The highest BCUT2D eigenvalue weighted by molar-refractivity contribution is 4.70. The van der Waals surface area contributed by atoms with Crippen LogP contribution in [0.2, 0.25) is 0 Å². The van der Waals surface area contributed by atoms with E-state index in [1.54, 1.807) is 0 Å². The number of likely N-dealkylation sites (tertiary alicyclic amines) is 1. The molecule has 0 aromatic carbocycles. The lowest BCUT2D eigenvalue weighted by Crippen LogP contribution is -2.09. The van der Waals surface area contributed by atoms with E-state index in [4.69, 9.17) is 0 Å². The van der Waals surface area contributed by atoms with Gasteiger partial charge in [-0.2, -0.15) is 0 Å². The van der Waals surface area contributed by atoms with Crippen LogP contribution >= 0.6 is 0 Å². The summed E-state index contributed by atoms with van der Waals surface area (Å²) in [5.41, 5.74) is 0. The van der Waals surface area contributed by atoms with E-state index in [0.29, 0.717) is 0 Å². The minimum Gasteiger partial charge on any atom is -0.459 e. The molecule has 0 aromatic heterocycles. The molecule has 1 rings (SSSR count). The molecule has 1 heteroatoms. The molecule has 1 heterocycles. The summed E-state index contributed by atoms with van der Waals surface area (Å²) >= 11 is 0. The van der Waals surface area contributed by atoms with Gasteiger partial charge in [-0.25, -0.2) is 0 Å². The fourth-order valence-corrected chi connectivity index (χ4v) is 1.03. The van der Waals surface area contributed by atoms with Crippen molar-refractivity contribution in [1.82, 2.24) is 4.90 Å². The van der Waals surface area contributed by atoms with Gasteiger partial charge in [-0.3, -0.25) is 7.05 Å². The van der Waals surface area contributed by atoms with Crippen LogP contribution in [0.5, 0.6) is 0 Å². The van der Waals surface area contributed by atoms with Gasteiger partial charge >= 0.3 is 0 Å². The lowest BCUT2D eigenvalue weighted by atomic mass is 10.2. The number of hydrogen-bond acceptors (Lipinski definition) is 1. The summed E-state index contributed by atoms with van der Waals surface area (Å²) in [7, 11) is 3.82. The van der Waals surface area contributed by atoms with Crippen LogP contribution in [0.15, 0.2) is 0 Å². The van der Waals surface area contributed by atoms with Crippen LogP contribution in [-0.2, 0) is 0 Å². The molecule has 0 saturated carbocycles. The van der Waals surface area contributed by atoms with Gasteiger partial charge in [-0.15, -0.1) is 0 Å². The van der Waals surface area contributed by atoms with Crippen molar-refractivity contribution in [3.05, 3.63) is 7.05 Å². The van der Waals surface area contributed by atoms with Crippen LogP contribution in [0, 0.1) is 13.0 Å². The predicted octanol–water partition coefficient (Wildman–Crippen LogP) is 1.12. The molecular weight excluding hydrogens is 86.1 g/mol. The van der Waals surface area contributed by atoms with Crippen LogP contribution in [0.3, 0.4) is 0 Å². The maximum atomic E-state index is 3.82. The third-order valence-corrected chi connectivity index (χ3v) is 1.51. The van der Waals surface area contributed by atoms with E-state index in [9.17, 15) is 0 Å². The molecule has 1 nitrogen and oxygen atoms in total. The Morgan fingerprint density at radius 3 is 2.57 bits per heavy atom. The van der Waals surface area contributed by atoms with Crippen molar-refractivity contribution < 1.29 is 0 Å². The average molecular weight is 98.2 g/mol. The topological polar surface area (TPSA) is 3.24 Å². The van der Waals surface area contributed by atoms with Crippen LogP contribution in [0.25, 0.3) is 0 Å². The van der Waals surface area contributed by atoms with Gasteiger partial charge in [0.15, 0.2) is 0 Å². The minimum absolute atomic E-state index is 0.887. The first kappa shape index (κ1) is 5.10. The van der Waals surface area contributed by atoms with E-state index in [1.165, 1.54) is 19.5 Å². The molecular formula is C6H12N-. The first-order valence-corrected chi connectivity index (χ1v) is 2.84. The van der Waals surface area contributed by atoms with Gasteiger partial charge in [0.2, 0.25) is 0 Å². The first-order valence-electron chi connectivity index (χ1n) is 2.84. The van der Waals surface area contributed by atoms with Crippen LogP contribution < -0.4 is 0 Å². The third-order valence-electron chi connectivity index (χ3n) is 1.51. The minimum atomic E-state index is 0.887. The first-order chi connectivity index (χ1) is 3.29. The summed E-state index contributed by atoms with van der Waals surface area (Å²) in [5.74, 6) is 0.887. The summed E-state index contributed by atoms with van der Waals surface area (Å²) in [4.78, 5) is 2.13.